The Labute approximate surface area is 83.9 Å². The molecule has 1 fully saturated rings. The molecule has 1 amide bonds. The molecule has 1 aliphatic rings. The van der Waals surface area contributed by atoms with E-state index >= 15 is 0 Å². The van der Waals surface area contributed by atoms with E-state index in [1.807, 2.05) is 0 Å². The second kappa shape index (κ2) is 3.59. The lowest BCUT2D eigenvalue weighted by Gasteiger charge is -2.32. The summed E-state index contributed by atoms with van der Waals surface area (Å²) in [6.07, 6.45) is 0.832. The van der Waals surface area contributed by atoms with Gasteiger partial charge in [0, 0.05) is 11.5 Å². The molecule has 0 saturated heterocycles. The third-order valence-corrected chi connectivity index (χ3v) is 2.39. The van der Waals surface area contributed by atoms with E-state index in [1.54, 1.807) is 20.8 Å². The van der Waals surface area contributed by atoms with Crippen molar-refractivity contribution in [3.8, 4) is 0 Å². The van der Waals surface area contributed by atoms with E-state index in [0.29, 0.717) is 0 Å². The Morgan fingerprint density at radius 1 is 1.36 bits per heavy atom. The van der Waals surface area contributed by atoms with Gasteiger partial charge in [-0.25, -0.2) is 4.79 Å². The highest BCUT2D eigenvalue weighted by Crippen LogP contribution is 2.30. The van der Waals surface area contributed by atoms with Crippen LogP contribution in [0, 0.1) is 5.92 Å². The van der Waals surface area contributed by atoms with Crippen LogP contribution in [0.3, 0.4) is 0 Å². The number of rotatable bonds is 3. The minimum Gasteiger partial charge on any atom is -0.465 e. The second-order valence-electron chi connectivity index (χ2n) is 4.78. The molecule has 0 aromatic heterocycles. The molecular formula is C10H17NO3. The first kappa shape index (κ1) is 11.0. The van der Waals surface area contributed by atoms with Crippen LogP contribution in [0.4, 0.5) is 4.79 Å². The lowest BCUT2D eigenvalue weighted by Crippen LogP contribution is -2.47. The van der Waals surface area contributed by atoms with Gasteiger partial charge in [-0.1, -0.05) is 0 Å². The Kier molecular flexibility index (Phi) is 2.83. The lowest BCUT2D eigenvalue weighted by atomic mass is 10.1. The van der Waals surface area contributed by atoms with Crippen LogP contribution in [0.15, 0.2) is 0 Å². The van der Waals surface area contributed by atoms with Crippen LogP contribution in [0.25, 0.3) is 0 Å². The molecule has 0 radical (unpaired) electrons. The van der Waals surface area contributed by atoms with Crippen LogP contribution in [-0.4, -0.2) is 34.0 Å². The van der Waals surface area contributed by atoms with E-state index in [2.05, 4.69) is 0 Å². The predicted octanol–water partition coefficient (Wildman–Crippen LogP) is 1.74. The molecule has 4 heteroatoms. The summed E-state index contributed by atoms with van der Waals surface area (Å²) in [5.74, 6) is 0.182. The fraction of sp³-hybridized carbons (Fsp3) is 0.800. The average molecular weight is 199 g/mol. The summed E-state index contributed by atoms with van der Waals surface area (Å²) >= 11 is 0. The number of carboxylic acid groups (broad SMARTS) is 1. The maximum Gasteiger partial charge on any atom is 0.408 e. The van der Waals surface area contributed by atoms with E-state index in [1.165, 1.54) is 4.90 Å². The number of Topliss-reactive ketones (excluding diaryl/α,β-unsaturated/α-hetero) is 1. The molecular weight excluding hydrogens is 182 g/mol. The Balaban J connectivity index is 2.59. The van der Waals surface area contributed by atoms with Gasteiger partial charge in [-0.05, 0) is 33.6 Å². The van der Waals surface area contributed by atoms with Gasteiger partial charge in [-0.2, -0.15) is 0 Å². The number of hydrogen-bond acceptors (Lipinski definition) is 2. The van der Waals surface area contributed by atoms with Gasteiger partial charge < -0.3 is 5.11 Å². The molecule has 1 saturated carbocycles. The van der Waals surface area contributed by atoms with Gasteiger partial charge in [0.05, 0.1) is 6.54 Å². The zero-order valence-electron chi connectivity index (χ0n) is 8.91. The summed E-state index contributed by atoms with van der Waals surface area (Å²) in [6.45, 7) is 5.41. The van der Waals surface area contributed by atoms with Crippen LogP contribution >= 0.6 is 0 Å². The number of carbonyl (C=O) groups excluding carboxylic acids is 1. The first-order chi connectivity index (χ1) is 6.32. The number of hydrogen-bond donors (Lipinski definition) is 1. The van der Waals surface area contributed by atoms with Crippen molar-refractivity contribution in [3.05, 3.63) is 0 Å². The molecule has 0 bridgehead atoms. The minimum absolute atomic E-state index is 0.0312. The Morgan fingerprint density at radius 2 is 1.86 bits per heavy atom. The standard InChI is InChI=1S/C10H17NO3/c1-10(2,3)11(9(13)14)6-8(12)7-4-5-7/h7H,4-6H2,1-3H3,(H,13,14). The van der Waals surface area contributed by atoms with Crippen molar-refractivity contribution in [1.29, 1.82) is 0 Å². The van der Waals surface area contributed by atoms with Crippen molar-refractivity contribution in [1.82, 2.24) is 4.90 Å². The van der Waals surface area contributed by atoms with E-state index in [4.69, 9.17) is 5.11 Å². The summed E-state index contributed by atoms with van der Waals surface area (Å²) in [7, 11) is 0. The van der Waals surface area contributed by atoms with Gasteiger partial charge >= 0.3 is 6.09 Å². The van der Waals surface area contributed by atoms with Crippen LogP contribution < -0.4 is 0 Å². The van der Waals surface area contributed by atoms with Crippen molar-refractivity contribution in [2.24, 2.45) is 5.92 Å². The molecule has 1 rings (SSSR count). The maximum atomic E-state index is 11.5. The summed E-state index contributed by atoms with van der Waals surface area (Å²) in [5.41, 5.74) is -0.504. The van der Waals surface area contributed by atoms with Crippen molar-refractivity contribution in [2.45, 2.75) is 39.2 Å². The predicted molar refractivity (Wildman–Crippen MR) is 52.2 cm³/mol. The maximum absolute atomic E-state index is 11.5. The number of ketones is 1. The van der Waals surface area contributed by atoms with Gasteiger partial charge in [0.2, 0.25) is 0 Å². The summed E-state index contributed by atoms with van der Waals surface area (Å²) < 4.78 is 0. The normalized spacial score (nSPS) is 16.5. The summed E-state index contributed by atoms with van der Waals surface area (Å²) in [6, 6.07) is 0. The molecule has 1 aliphatic carbocycles. The zero-order chi connectivity index (χ0) is 10.9. The highest BCUT2D eigenvalue weighted by molar-refractivity contribution is 5.87. The van der Waals surface area contributed by atoms with Crippen molar-refractivity contribution >= 4 is 11.9 Å². The molecule has 0 atom stereocenters. The first-order valence-corrected chi connectivity index (χ1v) is 4.85. The van der Waals surface area contributed by atoms with E-state index in [0.717, 1.165) is 12.8 Å². The average Bonchev–Trinajstić information content (AvgIpc) is 2.78. The fourth-order valence-corrected chi connectivity index (χ4v) is 1.28. The molecule has 0 unspecified atom stereocenters. The molecule has 0 aliphatic heterocycles. The van der Waals surface area contributed by atoms with Gasteiger partial charge in [-0.3, -0.25) is 9.69 Å². The Hall–Kier alpha value is -1.06. The molecule has 0 spiro atoms. The molecule has 0 aromatic rings. The Bertz CT molecular complexity index is 251. The first-order valence-electron chi connectivity index (χ1n) is 4.85. The highest BCUT2D eigenvalue weighted by atomic mass is 16.4. The fourth-order valence-electron chi connectivity index (χ4n) is 1.28. The lowest BCUT2D eigenvalue weighted by molar-refractivity contribution is -0.122. The topological polar surface area (TPSA) is 57.6 Å². The van der Waals surface area contributed by atoms with Gasteiger partial charge in [0.25, 0.3) is 0 Å². The van der Waals surface area contributed by atoms with Crippen LogP contribution in [0.1, 0.15) is 33.6 Å². The molecule has 0 heterocycles. The van der Waals surface area contributed by atoms with Gasteiger partial charge in [-0.15, -0.1) is 0 Å². The van der Waals surface area contributed by atoms with Crippen LogP contribution in [0.5, 0.6) is 0 Å². The monoisotopic (exact) mass is 199 g/mol. The van der Waals surface area contributed by atoms with Crippen molar-refractivity contribution in [3.63, 3.8) is 0 Å². The van der Waals surface area contributed by atoms with Crippen LogP contribution in [0.2, 0.25) is 0 Å². The number of nitrogens with zero attached hydrogens (tertiary/aromatic N) is 1. The third kappa shape index (κ3) is 2.72. The largest absolute Gasteiger partial charge is 0.465 e. The summed E-state index contributed by atoms with van der Waals surface area (Å²) in [5, 5.41) is 8.93. The highest BCUT2D eigenvalue weighted by Gasteiger charge is 2.34. The molecule has 1 N–H and O–H groups in total. The smallest absolute Gasteiger partial charge is 0.408 e. The quantitative estimate of drug-likeness (QED) is 0.753. The molecule has 0 aromatic carbocycles. The summed E-state index contributed by atoms with van der Waals surface area (Å²) in [4.78, 5) is 23.6. The minimum atomic E-state index is -1.02. The SMILES string of the molecule is CC(C)(C)N(CC(=O)C1CC1)C(=O)O. The second-order valence-corrected chi connectivity index (χ2v) is 4.78. The van der Waals surface area contributed by atoms with Gasteiger partial charge in [0.1, 0.15) is 0 Å². The van der Waals surface area contributed by atoms with E-state index in [-0.39, 0.29) is 18.2 Å². The van der Waals surface area contributed by atoms with Crippen molar-refractivity contribution in [2.75, 3.05) is 6.54 Å². The van der Waals surface area contributed by atoms with E-state index < -0.39 is 11.6 Å². The number of amides is 1. The van der Waals surface area contributed by atoms with Crippen molar-refractivity contribution < 1.29 is 14.7 Å². The van der Waals surface area contributed by atoms with Gasteiger partial charge in [0.15, 0.2) is 5.78 Å². The molecule has 80 valence electrons. The Morgan fingerprint density at radius 3 is 2.14 bits per heavy atom. The molecule has 4 nitrogen and oxygen atoms in total. The third-order valence-electron chi connectivity index (χ3n) is 2.39. The zero-order valence-corrected chi connectivity index (χ0v) is 8.91. The molecule has 14 heavy (non-hydrogen) atoms. The van der Waals surface area contributed by atoms with Crippen LogP contribution in [-0.2, 0) is 4.79 Å². The number of carbonyl (C=O) groups is 2. The van der Waals surface area contributed by atoms with E-state index in [9.17, 15) is 9.59 Å².